The van der Waals surface area contributed by atoms with Crippen LogP contribution in [0.5, 0.6) is 5.75 Å². The van der Waals surface area contributed by atoms with Gasteiger partial charge in [0, 0.05) is 0 Å². The van der Waals surface area contributed by atoms with E-state index in [1.165, 1.54) is 18.2 Å². The zero-order valence-corrected chi connectivity index (χ0v) is 9.60. The number of hydrogen-bond acceptors (Lipinski definition) is 4. The second-order valence-corrected chi connectivity index (χ2v) is 3.48. The average molecular weight is 252 g/mol. The normalized spacial score (nSPS) is 9.61. The number of imide groups is 1. The number of benzene rings is 1. The number of nitrogens with one attached hydrogen (secondary N) is 1. The molecule has 1 aromatic rings. The number of hydrogen-bond donors (Lipinski definition) is 3. The molecule has 0 unspecified atom stereocenters. The molecule has 3 amide bonds. The first-order valence-electron chi connectivity index (χ1n) is 4.96. The van der Waals surface area contributed by atoms with E-state index in [2.05, 4.69) is 0 Å². The number of nitrogens with two attached hydrogens (primary N) is 1. The summed E-state index contributed by atoms with van der Waals surface area (Å²) in [7, 11) is 0. The topological polar surface area (TPSA) is 119 Å². The number of carbonyl (C=O) groups is 3. The third-order valence-electron chi connectivity index (χ3n) is 2.06. The van der Waals surface area contributed by atoms with Crippen LogP contribution in [0, 0.1) is 6.92 Å². The smallest absolute Gasteiger partial charge is 0.335 e. The van der Waals surface area contributed by atoms with E-state index in [-0.39, 0.29) is 12.2 Å². The van der Waals surface area contributed by atoms with Crippen molar-refractivity contribution in [1.29, 1.82) is 0 Å². The highest BCUT2D eigenvalue weighted by Gasteiger charge is 2.09. The van der Waals surface area contributed by atoms with Crippen molar-refractivity contribution in [2.75, 3.05) is 6.61 Å². The Balaban J connectivity index is 2.64. The molecule has 0 spiro atoms. The predicted octanol–water partition coefficient (Wildman–Crippen LogP) is 0.267. The van der Waals surface area contributed by atoms with Crippen LogP contribution in [-0.2, 0) is 4.79 Å². The van der Waals surface area contributed by atoms with Crippen molar-refractivity contribution >= 4 is 17.9 Å². The van der Waals surface area contributed by atoms with E-state index in [9.17, 15) is 14.4 Å². The number of primary amides is 1. The minimum Gasteiger partial charge on any atom is -0.484 e. The fourth-order valence-electron chi connectivity index (χ4n) is 1.29. The molecule has 1 rings (SSSR count). The highest BCUT2D eigenvalue weighted by Crippen LogP contribution is 2.17. The minimum absolute atomic E-state index is 0.156. The molecule has 1 aromatic carbocycles. The molecule has 4 N–H and O–H groups in total. The van der Waals surface area contributed by atoms with Crippen molar-refractivity contribution in [3.8, 4) is 5.75 Å². The molecule has 0 aromatic heterocycles. The summed E-state index contributed by atoms with van der Waals surface area (Å²) in [5.74, 6) is -1.38. The molecular weight excluding hydrogens is 240 g/mol. The second kappa shape index (κ2) is 5.67. The highest BCUT2D eigenvalue weighted by atomic mass is 16.5. The zero-order chi connectivity index (χ0) is 13.7. The lowest BCUT2D eigenvalue weighted by atomic mass is 10.1. The summed E-state index contributed by atoms with van der Waals surface area (Å²) in [6.45, 7) is 1.23. The van der Waals surface area contributed by atoms with Gasteiger partial charge in [-0.05, 0) is 30.7 Å². The monoisotopic (exact) mass is 252 g/mol. The number of aromatic carboxylic acids is 1. The van der Waals surface area contributed by atoms with Crippen LogP contribution >= 0.6 is 0 Å². The van der Waals surface area contributed by atoms with E-state index >= 15 is 0 Å². The van der Waals surface area contributed by atoms with Crippen molar-refractivity contribution in [3.63, 3.8) is 0 Å². The Morgan fingerprint density at radius 3 is 2.56 bits per heavy atom. The molecule has 7 heteroatoms. The second-order valence-electron chi connectivity index (χ2n) is 3.48. The van der Waals surface area contributed by atoms with E-state index in [0.717, 1.165) is 0 Å². The summed E-state index contributed by atoms with van der Waals surface area (Å²) in [5.41, 5.74) is 5.41. The molecule has 18 heavy (non-hydrogen) atoms. The lowest BCUT2D eigenvalue weighted by Gasteiger charge is -2.07. The van der Waals surface area contributed by atoms with Crippen LogP contribution in [0.1, 0.15) is 15.9 Å². The maximum Gasteiger partial charge on any atom is 0.335 e. The number of carboxylic acid groups (broad SMARTS) is 1. The van der Waals surface area contributed by atoms with Crippen molar-refractivity contribution in [2.45, 2.75) is 6.92 Å². The van der Waals surface area contributed by atoms with Gasteiger partial charge in [0.2, 0.25) is 0 Å². The third-order valence-corrected chi connectivity index (χ3v) is 2.06. The molecule has 0 aliphatic heterocycles. The number of rotatable bonds is 4. The lowest BCUT2D eigenvalue weighted by molar-refractivity contribution is -0.121. The number of amides is 3. The molecule has 0 saturated carbocycles. The molecule has 0 heterocycles. The fourth-order valence-corrected chi connectivity index (χ4v) is 1.29. The summed E-state index contributed by atoms with van der Waals surface area (Å²) < 4.78 is 5.07. The van der Waals surface area contributed by atoms with Crippen LogP contribution in [0.15, 0.2) is 18.2 Å². The van der Waals surface area contributed by atoms with Gasteiger partial charge >= 0.3 is 12.0 Å². The van der Waals surface area contributed by atoms with Gasteiger partial charge in [0.15, 0.2) is 6.61 Å². The first kappa shape index (κ1) is 13.5. The lowest BCUT2D eigenvalue weighted by Crippen LogP contribution is -2.38. The molecule has 0 aliphatic rings. The van der Waals surface area contributed by atoms with Crippen LogP contribution in [0.3, 0.4) is 0 Å². The number of ether oxygens (including phenoxy) is 1. The molecule has 96 valence electrons. The van der Waals surface area contributed by atoms with Crippen molar-refractivity contribution in [3.05, 3.63) is 29.3 Å². The van der Waals surface area contributed by atoms with Gasteiger partial charge in [-0.15, -0.1) is 0 Å². The Bertz CT molecular complexity index is 498. The van der Waals surface area contributed by atoms with Crippen LogP contribution in [0.25, 0.3) is 0 Å². The first-order chi connectivity index (χ1) is 8.40. The third kappa shape index (κ3) is 3.78. The largest absolute Gasteiger partial charge is 0.484 e. The molecular formula is C11H12N2O5. The summed E-state index contributed by atoms with van der Waals surface area (Å²) in [6.07, 6.45) is 0. The van der Waals surface area contributed by atoms with E-state index in [1.54, 1.807) is 6.92 Å². The van der Waals surface area contributed by atoms with E-state index in [1.807, 2.05) is 5.32 Å². The van der Waals surface area contributed by atoms with Gasteiger partial charge in [0.05, 0.1) is 5.56 Å². The maximum absolute atomic E-state index is 11.1. The summed E-state index contributed by atoms with van der Waals surface area (Å²) in [5, 5.41) is 10.7. The standard InChI is InChI=1S/C11H12N2O5/c1-6-4-7(2-3-8(6)10(15)16)18-5-9(14)13-11(12)17/h2-4H,5H2,1H3,(H,15,16)(H3,12,13,14,17). The summed E-state index contributed by atoms with van der Waals surface area (Å²) >= 11 is 0. The first-order valence-corrected chi connectivity index (χ1v) is 4.96. The van der Waals surface area contributed by atoms with Gasteiger partial charge in [-0.3, -0.25) is 10.1 Å². The number of carbonyl (C=O) groups excluding carboxylic acids is 2. The summed E-state index contributed by atoms with van der Waals surface area (Å²) in [4.78, 5) is 32.2. The van der Waals surface area contributed by atoms with Crippen molar-refractivity contribution < 1.29 is 24.2 Å². The highest BCUT2D eigenvalue weighted by molar-refractivity contribution is 5.94. The van der Waals surface area contributed by atoms with Gasteiger partial charge in [0.1, 0.15) is 5.75 Å². The molecule has 0 saturated heterocycles. The average Bonchev–Trinajstić information content (AvgIpc) is 2.25. The Labute approximate surface area is 103 Å². The van der Waals surface area contributed by atoms with Gasteiger partial charge in [-0.25, -0.2) is 9.59 Å². The fraction of sp³-hybridized carbons (Fsp3) is 0.182. The summed E-state index contributed by atoms with van der Waals surface area (Å²) in [6, 6.07) is 3.33. The minimum atomic E-state index is -1.04. The Morgan fingerprint density at radius 2 is 2.06 bits per heavy atom. The number of urea groups is 1. The van der Waals surface area contributed by atoms with Crippen LogP contribution in [0.4, 0.5) is 4.79 Å². The van der Waals surface area contributed by atoms with Crippen LogP contribution in [0.2, 0.25) is 0 Å². The predicted molar refractivity (Wildman–Crippen MR) is 61.4 cm³/mol. The number of aryl methyl sites for hydroxylation is 1. The maximum atomic E-state index is 11.1. The number of carboxylic acids is 1. The Hall–Kier alpha value is -2.57. The quantitative estimate of drug-likeness (QED) is 0.710. The zero-order valence-electron chi connectivity index (χ0n) is 9.60. The van der Waals surface area contributed by atoms with Crippen molar-refractivity contribution in [1.82, 2.24) is 5.32 Å². The SMILES string of the molecule is Cc1cc(OCC(=O)NC(N)=O)ccc1C(=O)O. The molecule has 0 aliphatic carbocycles. The molecule has 0 atom stereocenters. The van der Waals surface area contributed by atoms with Gasteiger partial charge in [0.25, 0.3) is 5.91 Å². The van der Waals surface area contributed by atoms with Gasteiger partial charge < -0.3 is 15.6 Å². The molecule has 0 bridgehead atoms. The molecule has 7 nitrogen and oxygen atoms in total. The van der Waals surface area contributed by atoms with Crippen LogP contribution < -0.4 is 15.8 Å². The van der Waals surface area contributed by atoms with E-state index in [0.29, 0.717) is 11.3 Å². The van der Waals surface area contributed by atoms with E-state index < -0.39 is 17.9 Å². The van der Waals surface area contributed by atoms with Gasteiger partial charge in [-0.2, -0.15) is 0 Å². The van der Waals surface area contributed by atoms with E-state index in [4.69, 9.17) is 15.6 Å². The molecule has 0 radical (unpaired) electrons. The Morgan fingerprint density at radius 1 is 1.39 bits per heavy atom. The Kier molecular flexibility index (Phi) is 4.25. The van der Waals surface area contributed by atoms with Crippen molar-refractivity contribution in [2.24, 2.45) is 5.73 Å². The van der Waals surface area contributed by atoms with Gasteiger partial charge in [-0.1, -0.05) is 0 Å². The van der Waals surface area contributed by atoms with Crippen LogP contribution in [-0.4, -0.2) is 29.6 Å². The molecule has 0 fully saturated rings.